The molecule has 0 N–H and O–H groups in total. The molecule has 1 aliphatic rings. The maximum Gasteiger partial charge on any atom is 0.272 e. The van der Waals surface area contributed by atoms with Crippen molar-refractivity contribution in [2.75, 3.05) is 13.1 Å². The van der Waals surface area contributed by atoms with E-state index in [1.165, 1.54) is 0 Å². The van der Waals surface area contributed by atoms with Crippen LogP contribution in [0.1, 0.15) is 29.0 Å². The van der Waals surface area contributed by atoms with Gasteiger partial charge in [0.1, 0.15) is 5.69 Å². The maximum atomic E-state index is 12.1. The zero-order valence-corrected chi connectivity index (χ0v) is 9.89. The third kappa shape index (κ3) is 2.62. The minimum absolute atomic E-state index is 0.0231. The second kappa shape index (κ2) is 4.96. The number of piperidine rings is 1. The van der Waals surface area contributed by atoms with Gasteiger partial charge >= 0.3 is 0 Å². The van der Waals surface area contributed by atoms with Crippen LogP contribution in [0.25, 0.3) is 0 Å². The van der Waals surface area contributed by atoms with Crippen molar-refractivity contribution in [3.8, 4) is 6.07 Å². The lowest BCUT2D eigenvalue weighted by Crippen LogP contribution is -2.38. The number of pyridine rings is 1. The van der Waals surface area contributed by atoms with Crippen molar-refractivity contribution in [2.45, 2.75) is 19.8 Å². The van der Waals surface area contributed by atoms with Gasteiger partial charge in [-0.2, -0.15) is 5.26 Å². The summed E-state index contributed by atoms with van der Waals surface area (Å²) in [5.41, 5.74) is 1.35. The van der Waals surface area contributed by atoms with E-state index in [1.54, 1.807) is 11.0 Å². The van der Waals surface area contributed by atoms with Crippen molar-refractivity contribution in [2.24, 2.45) is 5.92 Å². The average molecular weight is 229 g/mol. The largest absolute Gasteiger partial charge is 0.337 e. The first kappa shape index (κ1) is 11.6. The van der Waals surface area contributed by atoms with Crippen LogP contribution in [0.5, 0.6) is 0 Å². The first-order chi connectivity index (χ1) is 8.20. The molecule has 1 aromatic heterocycles. The van der Waals surface area contributed by atoms with E-state index in [0.29, 0.717) is 18.8 Å². The Bertz CT molecular complexity index is 456. The van der Waals surface area contributed by atoms with Gasteiger partial charge in [0.05, 0.1) is 6.07 Å². The first-order valence-corrected chi connectivity index (χ1v) is 5.83. The molecule has 1 fully saturated rings. The molecule has 1 amide bonds. The predicted molar refractivity (Wildman–Crippen MR) is 63.2 cm³/mol. The Morgan fingerprint density at radius 1 is 1.47 bits per heavy atom. The summed E-state index contributed by atoms with van der Waals surface area (Å²) in [6.07, 6.45) is 1.54. The SMILES string of the molecule is Cc1cccc(C(=O)N2CCC(C#N)CC2)n1. The minimum Gasteiger partial charge on any atom is -0.337 e. The molecule has 0 saturated carbocycles. The fraction of sp³-hybridized carbons (Fsp3) is 0.462. The first-order valence-electron chi connectivity index (χ1n) is 5.83. The van der Waals surface area contributed by atoms with Gasteiger partial charge in [0.2, 0.25) is 0 Å². The Labute approximate surface area is 101 Å². The lowest BCUT2D eigenvalue weighted by Gasteiger charge is -2.28. The lowest BCUT2D eigenvalue weighted by atomic mass is 9.98. The summed E-state index contributed by atoms with van der Waals surface area (Å²) in [5, 5.41) is 8.80. The van der Waals surface area contributed by atoms with Crippen LogP contribution in [0, 0.1) is 24.2 Å². The number of carbonyl (C=O) groups is 1. The summed E-state index contributed by atoms with van der Waals surface area (Å²) in [6.45, 7) is 3.19. The van der Waals surface area contributed by atoms with Crippen molar-refractivity contribution in [1.82, 2.24) is 9.88 Å². The van der Waals surface area contributed by atoms with E-state index in [0.717, 1.165) is 18.5 Å². The Morgan fingerprint density at radius 3 is 2.76 bits per heavy atom. The van der Waals surface area contributed by atoms with Crippen molar-refractivity contribution >= 4 is 5.91 Å². The quantitative estimate of drug-likeness (QED) is 0.737. The Balaban J connectivity index is 2.05. The van der Waals surface area contributed by atoms with Crippen LogP contribution >= 0.6 is 0 Å². The standard InChI is InChI=1S/C13H15N3O/c1-10-3-2-4-12(15-10)13(17)16-7-5-11(9-14)6-8-16/h2-4,11H,5-8H2,1H3. The van der Waals surface area contributed by atoms with E-state index in [-0.39, 0.29) is 11.8 Å². The smallest absolute Gasteiger partial charge is 0.272 e. The van der Waals surface area contributed by atoms with Gasteiger partial charge in [0.15, 0.2) is 0 Å². The average Bonchev–Trinajstić information content (AvgIpc) is 2.38. The number of likely N-dealkylation sites (tertiary alicyclic amines) is 1. The zero-order valence-electron chi connectivity index (χ0n) is 9.89. The monoisotopic (exact) mass is 229 g/mol. The summed E-state index contributed by atoms with van der Waals surface area (Å²) in [6, 6.07) is 7.72. The minimum atomic E-state index is -0.0231. The molecule has 0 bridgehead atoms. The van der Waals surface area contributed by atoms with Gasteiger partial charge in [-0.1, -0.05) is 6.07 Å². The van der Waals surface area contributed by atoms with E-state index in [2.05, 4.69) is 11.1 Å². The molecule has 17 heavy (non-hydrogen) atoms. The van der Waals surface area contributed by atoms with E-state index in [9.17, 15) is 4.79 Å². The third-order valence-electron chi connectivity index (χ3n) is 3.07. The Kier molecular flexibility index (Phi) is 3.38. The second-order valence-corrected chi connectivity index (χ2v) is 4.36. The molecule has 0 aliphatic carbocycles. The number of rotatable bonds is 1. The van der Waals surface area contributed by atoms with Crippen LogP contribution in [0.15, 0.2) is 18.2 Å². The van der Waals surface area contributed by atoms with Crippen LogP contribution in [0.2, 0.25) is 0 Å². The van der Waals surface area contributed by atoms with Gasteiger partial charge in [0, 0.05) is 24.7 Å². The molecule has 0 aromatic carbocycles. The molecule has 1 saturated heterocycles. The van der Waals surface area contributed by atoms with Crippen molar-refractivity contribution in [3.63, 3.8) is 0 Å². The van der Waals surface area contributed by atoms with Crippen molar-refractivity contribution in [3.05, 3.63) is 29.6 Å². The topological polar surface area (TPSA) is 57.0 Å². The van der Waals surface area contributed by atoms with Gasteiger partial charge in [-0.15, -0.1) is 0 Å². The van der Waals surface area contributed by atoms with Gasteiger partial charge in [-0.3, -0.25) is 4.79 Å². The highest BCUT2D eigenvalue weighted by Gasteiger charge is 2.23. The molecule has 4 heteroatoms. The summed E-state index contributed by atoms with van der Waals surface area (Å²) in [4.78, 5) is 18.1. The molecular weight excluding hydrogens is 214 g/mol. The molecule has 2 heterocycles. The number of hydrogen-bond donors (Lipinski definition) is 0. The Hall–Kier alpha value is -1.89. The number of hydrogen-bond acceptors (Lipinski definition) is 3. The maximum absolute atomic E-state index is 12.1. The highest BCUT2D eigenvalue weighted by atomic mass is 16.2. The van der Waals surface area contributed by atoms with Gasteiger partial charge < -0.3 is 4.90 Å². The molecule has 1 aromatic rings. The van der Waals surface area contributed by atoms with E-state index in [1.807, 2.05) is 19.1 Å². The van der Waals surface area contributed by atoms with Gasteiger partial charge in [0.25, 0.3) is 5.91 Å². The number of carbonyl (C=O) groups excluding carboxylic acids is 1. The summed E-state index contributed by atoms with van der Waals surface area (Å²) >= 11 is 0. The fourth-order valence-corrected chi connectivity index (χ4v) is 2.04. The molecule has 88 valence electrons. The van der Waals surface area contributed by atoms with Crippen LogP contribution in [0.3, 0.4) is 0 Å². The number of aryl methyl sites for hydroxylation is 1. The molecule has 0 radical (unpaired) electrons. The predicted octanol–water partition coefficient (Wildman–Crippen LogP) is 1.77. The molecule has 4 nitrogen and oxygen atoms in total. The summed E-state index contributed by atoms with van der Waals surface area (Å²) < 4.78 is 0. The molecule has 2 rings (SSSR count). The highest BCUT2D eigenvalue weighted by Crippen LogP contribution is 2.17. The van der Waals surface area contributed by atoms with Crippen LogP contribution < -0.4 is 0 Å². The fourth-order valence-electron chi connectivity index (χ4n) is 2.04. The summed E-state index contributed by atoms with van der Waals surface area (Å²) in [7, 11) is 0. The lowest BCUT2D eigenvalue weighted by molar-refractivity contribution is 0.0701. The third-order valence-corrected chi connectivity index (χ3v) is 3.07. The van der Waals surface area contributed by atoms with Gasteiger partial charge in [-0.05, 0) is 31.9 Å². The van der Waals surface area contributed by atoms with Crippen LogP contribution in [0.4, 0.5) is 0 Å². The van der Waals surface area contributed by atoms with E-state index < -0.39 is 0 Å². The van der Waals surface area contributed by atoms with E-state index in [4.69, 9.17) is 5.26 Å². The number of nitriles is 1. The molecule has 0 spiro atoms. The van der Waals surface area contributed by atoms with Crippen molar-refractivity contribution in [1.29, 1.82) is 5.26 Å². The zero-order chi connectivity index (χ0) is 12.3. The highest BCUT2D eigenvalue weighted by molar-refractivity contribution is 5.92. The van der Waals surface area contributed by atoms with Crippen LogP contribution in [-0.2, 0) is 0 Å². The van der Waals surface area contributed by atoms with Gasteiger partial charge in [-0.25, -0.2) is 4.98 Å². The molecule has 0 unspecified atom stereocenters. The molecule has 1 aliphatic heterocycles. The normalized spacial score (nSPS) is 16.6. The van der Waals surface area contributed by atoms with E-state index >= 15 is 0 Å². The molecule has 0 atom stereocenters. The number of amides is 1. The Morgan fingerprint density at radius 2 is 2.18 bits per heavy atom. The number of aromatic nitrogens is 1. The molecular formula is C13H15N3O. The number of nitrogens with zero attached hydrogens (tertiary/aromatic N) is 3. The second-order valence-electron chi connectivity index (χ2n) is 4.36. The van der Waals surface area contributed by atoms with Crippen molar-refractivity contribution < 1.29 is 4.79 Å². The van der Waals surface area contributed by atoms with Crippen LogP contribution in [-0.4, -0.2) is 28.9 Å². The summed E-state index contributed by atoms with van der Waals surface area (Å²) in [5.74, 6) is 0.0783.